The van der Waals surface area contributed by atoms with Crippen molar-refractivity contribution in [3.8, 4) is 0 Å². The number of fused-ring (bicyclic) bond motifs is 1. The Balaban J connectivity index is 0.00000134. The Hall–Kier alpha value is -3.29. The molecule has 0 saturated heterocycles. The van der Waals surface area contributed by atoms with Gasteiger partial charge in [0.1, 0.15) is 9.92 Å². The van der Waals surface area contributed by atoms with Gasteiger partial charge in [0.25, 0.3) is 6.47 Å². The molecular weight excluding hydrogens is 542 g/mol. The molecule has 0 spiro atoms. The number of nitrogens with one attached hydrogen (secondary N) is 2. The predicted octanol–water partition coefficient (Wildman–Crippen LogP) is 3.49. The molecule has 0 aliphatic carbocycles. The highest BCUT2D eigenvalue weighted by Gasteiger charge is 2.22. The van der Waals surface area contributed by atoms with Crippen LogP contribution in [0.5, 0.6) is 0 Å². The Morgan fingerprint density at radius 2 is 1.82 bits per heavy atom. The van der Waals surface area contributed by atoms with Gasteiger partial charge in [-0.1, -0.05) is 29.8 Å². The van der Waals surface area contributed by atoms with Crippen molar-refractivity contribution in [2.45, 2.75) is 17.9 Å². The number of aromatic nitrogens is 2. The molecule has 0 saturated carbocycles. The lowest BCUT2D eigenvalue weighted by Gasteiger charge is -2.30. The number of nitrogens with zero attached hydrogens (tertiary/aromatic N) is 5. The second-order valence-corrected chi connectivity index (χ2v) is 11.9. The molecule has 0 amide bonds. The molecular formula is C26H34ClN7O4S. The van der Waals surface area contributed by atoms with Crippen LogP contribution in [-0.4, -0.2) is 91.9 Å². The van der Waals surface area contributed by atoms with Crippen molar-refractivity contribution in [3.05, 3.63) is 64.8 Å². The predicted molar refractivity (Wildman–Crippen MR) is 154 cm³/mol. The van der Waals surface area contributed by atoms with Gasteiger partial charge < -0.3 is 20.6 Å². The maximum atomic E-state index is 12.7. The number of para-hydroxylation sites is 1. The van der Waals surface area contributed by atoms with Crippen LogP contribution in [0.4, 0.5) is 23.1 Å². The molecule has 0 atom stereocenters. The van der Waals surface area contributed by atoms with Crippen LogP contribution in [0.1, 0.15) is 11.1 Å². The van der Waals surface area contributed by atoms with Gasteiger partial charge in [-0.25, -0.2) is 17.7 Å². The zero-order valence-electron chi connectivity index (χ0n) is 22.4. The van der Waals surface area contributed by atoms with E-state index in [1.165, 1.54) is 35.7 Å². The molecule has 0 unspecified atom stereocenters. The number of carboxylic acid groups (broad SMARTS) is 1. The van der Waals surface area contributed by atoms with E-state index in [1.807, 2.05) is 6.07 Å². The lowest BCUT2D eigenvalue weighted by molar-refractivity contribution is -0.122. The normalized spacial score (nSPS) is 13.4. The second kappa shape index (κ2) is 13.7. The average Bonchev–Trinajstić information content (AvgIpc) is 2.90. The summed E-state index contributed by atoms with van der Waals surface area (Å²) in [6.45, 7) is 3.83. The minimum Gasteiger partial charge on any atom is -0.483 e. The summed E-state index contributed by atoms with van der Waals surface area (Å²) in [5.74, 6) is 0.670. The highest BCUT2D eigenvalue weighted by atomic mass is 35.5. The number of hydrogen-bond acceptors (Lipinski definition) is 9. The number of rotatable bonds is 9. The second-order valence-electron chi connectivity index (χ2n) is 9.34. The van der Waals surface area contributed by atoms with Gasteiger partial charge in [0.15, 0.2) is 5.82 Å². The first-order valence-corrected chi connectivity index (χ1v) is 14.0. The quantitative estimate of drug-likeness (QED) is 0.326. The zero-order chi connectivity index (χ0) is 28.6. The number of sulfonamides is 1. The fraction of sp³-hybridized carbons (Fsp3) is 0.346. The molecule has 1 aromatic heterocycles. The van der Waals surface area contributed by atoms with Crippen molar-refractivity contribution in [3.63, 3.8) is 0 Å². The van der Waals surface area contributed by atoms with E-state index >= 15 is 0 Å². The molecule has 2 aromatic carbocycles. The molecule has 0 radical (unpaired) electrons. The van der Waals surface area contributed by atoms with E-state index in [0.717, 1.165) is 38.3 Å². The molecule has 0 fully saturated rings. The summed E-state index contributed by atoms with van der Waals surface area (Å²) >= 11 is 6.35. The van der Waals surface area contributed by atoms with Crippen molar-refractivity contribution in [1.82, 2.24) is 24.1 Å². The summed E-state index contributed by atoms with van der Waals surface area (Å²) in [6, 6.07) is 13.0. The minimum absolute atomic E-state index is 0.133. The first-order chi connectivity index (χ1) is 18.5. The van der Waals surface area contributed by atoms with Gasteiger partial charge in [-0.2, -0.15) is 4.98 Å². The Morgan fingerprint density at radius 1 is 1.10 bits per heavy atom. The lowest BCUT2D eigenvalue weighted by atomic mass is 9.99. The molecule has 3 N–H and O–H groups in total. The average molecular weight is 576 g/mol. The Morgan fingerprint density at radius 3 is 2.51 bits per heavy atom. The van der Waals surface area contributed by atoms with E-state index in [0.29, 0.717) is 17.5 Å². The van der Waals surface area contributed by atoms with Crippen LogP contribution in [0.15, 0.2) is 53.6 Å². The van der Waals surface area contributed by atoms with Gasteiger partial charge >= 0.3 is 0 Å². The molecule has 13 heteroatoms. The summed E-state index contributed by atoms with van der Waals surface area (Å²) in [4.78, 5) is 22.0. The van der Waals surface area contributed by atoms with E-state index in [2.05, 4.69) is 56.6 Å². The van der Waals surface area contributed by atoms with Gasteiger partial charge in [-0.15, -0.1) is 0 Å². The van der Waals surface area contributed by atoms with Gasteiger partial charge in [-0.3, -0.25) is 9.69 Å². The molecule has 3 aromatic rings. The highest BCUT2D eigenvalue weighted by molar-refractivity contribution is 7.89. The van der Waals surface area contributed by atoms with Crippen LogP contribution in [-0.2, 0) is 27.8 Å². The summed E-state index contributed by atoms with van der Waals surface area (Å²) in [5.41, 5.74) is 3.92. The van der Waals surface area contributed by atoms with Crippen molar-refractivity contribution < 1.29 is 18.3 Å². The highest BCUT2D eigenvalue weighted by Crippen LogP contribution is 2.30. The standard InChI is InChI=1S/C25H32ClN7O2S.CH2O2/c1-31(2)13-14-33-12-11-18-15-20(10-9-19(18)17-33)28-25-27-16-21(26)24(30-25)29-22-7-5-6-8-23(22)36(34,35)32(3)4;2-1-3/h5-10,15-16H,11-14,17H2,1-4H3,(H2,27,28,29,30);1H,(H,2,3). The van der Waals surface area contributed by atoms with Crippen molar-refractivity contribution in [2.75, 3.05) is 58.5 Å². The summed E-state index contributed by atoms with van der Waals surface area (Å²) < 4.78 is 26.7. The monoisotopic (exact) mass is 575 g/mol. The Kier molecular flexibility index (Phi) is 10.6. The maximum Gasteiger partial charge on any atom is 0.290 e. The number of anilines is 4. The molecule has 4 rings (SSSR count). The number of carbonyl (C=O) groups is 1. The van der Waals surface area contributed by atoms with Gasteiger partial charge in [0.2, 0.25) is 16.0 Å². The molecule has 210 valence electrons. The third kappa shape index (κ3) is 8.10. The number of likely N-dealkylation sites (N-methyl/N-ethyl adjacent to an activating group) is 1. The van der Waals surface area contributed by atoms with Crippen LogP contribution < -0.4 is 10.6 Å². The first kappa shape index (κ1) is 30.3. The van der Waals surface area contributed by atoms with Crippen LogP contribution >= 0.6 is 11.6 Å². The number of halogens is 1. The van der Waals surface area contributed by atoms with Gasteiger partial charge in [0.05, 0.1) is 11.9 Å². The Labute approximate surface area is 234 Å². The van der Waals surface area contributed by atoms with E-state index in [-0.39, 0.29) is 16.4 Å². The largest absolute Gasteiger partial charge is 0.483 e. The number of hydrogen-bond donors (Lipinski definition) is 3. The van der Waals surface area contributed by atoms with Crippen LogP contribution in [0.3, 0.4) is 0 Å². The molecule has 39 heavy (non-hydrogen) atoms. The van der Waals surface area contributed by atoms with Gasteiger partial charge in [-0.05, 0) is 55.9 Å². The lowest BCUT2D eigenvalue weighted by Crippen LogP contribution is -2.35. The fourth-order valence-electron chi connectivity index (χ4n) is 3.98. The van der Waals surface area contributed by atoms with Gasteiger partial charge in [0, 0.05) is 46.0 Å². The number of benzene rings is 2. The smallest absolute Gasteiger partial charge is 0.290 e. The van der Waals surface area contributed by atoms with Crippen molar-refractivity contribution >= 4 is 51.2 Å². The fourth-order valence-corrected chi connectivity index (χ4v) is 5.16. The summed E-state index contributed by atoms with van der Waals surface area (Å²) in [5, 5.41) is 13.5. The maximum absolute atomic E-state index is 12.7. The molecule has 1 aliphatic rings. The van der Waals surface area contributed by atoms with E-state index in [4.69, 9.17) is 21.5 Å². The van der Waals surface area contributed by atoms with Crippen LogP contribution in [0.2, 0.25) is 5.02 Å². The third-order valence-corrected chi connectivity index (χ3v) is 8.21. The van der Waals surface area contributed by atoms with E-state index < -0.39 is 10.0 Å². The molecule has 1 aliphatic heterocycles. The minimum atomic E-state index is -3.66. The van der Waals surface area contributed by atoms with E-state index in [9.17, 15) is 8.42 Å². The SMILES string of the molecule is CN(C)CCN1CCc2cc(Nc3ncc(Cl)c(Nc4ccccc4S(=O)(=O)N(C)C)n3)ccc2C1.O=CO. The van der Waals surface area contributed by atoms with E-state index in [1.54, 1.807) is 24.3 Å². The van der Waals surface area contributed by atoms with Crippen LogP contribution in [0.25, 0.3) is 0 Å². The molecule has 0 bridgehead atoms. The third-order valence-electron chi connectivity index (χ3n) is 6.06. The molecule has 11 nitrogen and oxygen atoms in total. The topological polar surface area (TPSA) is 131 Å². The van der Waals surface area contributed by atoms with Crippen molar-refractivity contribution in [2.24, 2.45) is 0 Å². The summed E-state index contributed by atoms with van der Waals surface area (Å²) in [7, 11) is 3.52. The zero-order valence-corrected chi connectivity index (χ0v) is 24.0. The van der Waals surface area contributed by atoms with Crippen molar-refractivity contribution in [1.29, 1.82) is 0 Å². The Bertz CT molecular complexity index is 1390. The summed E-state index contributed by atoms with van der Waals surface area (Å²) in [6.07, 6.45) is 2.48. The first-order valence-electron chi connectivity index (χ1n) is 12.2. The van der Waals surface area contributed by atoms with Crippen LogP contribution in [0, 0.1) is 0 Å². The molecule has 2 heterocycles.